The molecule has 1 heterocycles. The predicted molar refractivity (Wildman–Crippen MR) is 123 cm³/mol. The van der Waals surface area contributed by atoms with Gasteiger partial charge in [0.2, 0.25) is 10.0 Å². The standard InChI is InChI=1S/C22H28FN5O3S/c1-2-17-14-28(10-11-31-17)15-21(24)27-22(12-16-6-4-3-5-7-16)26-20-9-8-18(13-19(20)23)32(25,29)30/h3-9,13,17H,2,10-12,14-15H2,1H3,(H2,24,26,27)(H2,25,29,30). The van der Waals surface area contributed by atoms with Crippen molar-refractivity contribution in [2.24, 2.45) is 20.9 Å². The molecule has 0 bridgehead atoms. The lowest BCUT2D eigenvalue weighted by Crippen LogP contribution is -2.45. The second-order valence-corrected chi connectivity index (χ2v) is 9.15. The molecule has 0 aromatic heterocycles. The van der Waals surface area contributed by atoms with Crippen molar-refractivity contribution in [3.63, 3.8) is 0 Å². The Kier molecular flexibility index (Phi) is 8.08. The molecule has 32 heavy (non-hydrogen) atoms. The van der Waals surface area contributed by atoms with Crippen LogP contribution >= 0.6 is 0 Å². The minimum absolute atomic E-state index is 0.0442. The summed E-state index contributed by atoms with van der Waals surface area (Å²) < 4.78 is 43.2. The predicted octanol–water partition coefficient (Wildman–Crippen LogP) is 2.21. The van der Waals surface area contributed by atoms with Crippen molar-refractivity contribution in [2.75, 3.05) is 26.2 Å². The summed E-state index contributed by atoms with van der Waals surface area (Å²) in [6, 6.07) is 12.8. The normalized spacial score (nSPS) is 18.7. The molecule has 1 saturated heterocycles. The highest BCUT2D eigenvalue weighted by atomic mass is 32.2. The topological polar surface area (TPSA) is 123 Å². The molecule has 0 amide bonds. The number of sulfonamides is 1. The molecule has 0 spiro atoms. The van der Waals surface area contributed by atoms with Gasteiger partial charge in [0.15, 0.2) is 0 Å². The number of benzene rings is 2. The van der Waals surface area contributed by atoms with Crippen molar-refractivity contribution in [3.05, 3.63) is 59.9 Å². The number of morpholine rings is 1. The monoisotopic (exact) mass is 461 g/mol. The zero-order valence-electron chi connectivity index (χ0n) is 17.9. The third-order valence-corrected chi connectivity index (χ3v) is 5.95. The molecule has 4 N–H and O–H groups in total. The smallest absolute Gasteiger partial charge is 0.238 e. The van der Waals surface area contributed by atoms with E-state index in [2.05, 4.69) is 21.8 Å². The molecule has 1 fully saturated rings. The van der Waals surface area contributed by atoms with Crippen LogP contribution in [0.1, 0.15) is 18.9 Å². The first-order valence-electron chi connectivity index (χ1n) is 10.4. The van der Waals surface area contributed by atoms with E-state index in [1.165, 1.54) is 12.1 Å². The Bertz CT molecular complexity index is 1090. The van der Waals surface area contributed by atoms with Gasteiger partial charge in [0, 0.05) is 19.5 Å². The maximum Gasteiger partial charge on any atom is 0.238 e. The van der Waals surface area contributed by atoms with Crippen LogP contribution in [0.2, 0.25) is 0 Å². The number of hydrogen-bond acceptors (Lipinski definition) is 5. The quantitative estimate of drug-likeness (QED) is 0.483. The van der Waals surface area contributed by atoms with E-state index in [0.29, 0.717) is 31.2 Å². The molecule has 2 aromatic carbocycles. The number of rotatable bonds is 7. The van der Waals surface area contributed by atoms with E-state index in [0.717, 1.165) is 31.1 Å². The lowest BCUT2D eigenvalue weighted by atomic mass is 10.1. The van der Waals surface area contributed by atoms with E-state index >= 15 is 0 Å². The molecule has 1 aliphatic heterocycles. The van der Waals surface area contributed by atoms with Gasteiger partial charge < -0.3 is 10.5 Å². The molecule has 0 saturated carbocycles. The van der Waals surface area contributed by atoms with E-state index in [-0.39, 0.29) is 16.7 Å². The van der Waals surface area contributed by atoms with Crippen molar-refractivity contribution in [3.8, 4) is 0 Å². The van der Waals surface area contributed by atoms with Gasteiger partial charge in [-0.3, -0.25) is 4.90 Å². The van der Waals surface area contributed by atoms with Gasteiger partial charge in [-0.15, -0.1) is 0 Å². The summed E-state index contributed by atoms with van der Waals surface area (Å²) in [4.78, 5) is 10.7. The summed E-state index contributed by atoms with van der Waals surface area (Å²) in [5.41, 5.74) is 7.10. The molecule has 172 valence electrons. The minimum Gasteiger partial charge on any atom is -0.386 e. The first-order valence-corrected chi connectivity index (χ1v) is 11.9. The van der Waals surface area contributed by atoms with E-state index in [4.69, 9.17) is 15.6 Å². The average Bonchev–Trinajstić information content (AvgIpc) is 2.75. The SMILES string of the molecule is CCC1CN(CC(N)=NC(Cc2ccccc2)=Nc2ccc(S(N)(=O)=O)cc2F)CCO1. The minimum atomic E-state index is -4.01. The number of hydrogen-bond donors (Lipinski definition) is 2. The van der Waals surface area contributed by atoms with Gasteiger partial charge in [-0.1, -0.05) is 37.3 Å². The third-order valence-electron chi connectivity index (χ3n) is 5.04. The summed E-state index contributed by atoms with van der Waals surface area (Å²) in [6.07, 6.45) is 1.42. The Hall–Kier alpha value is -2.66. The number of halogens is 1. The fraction of sp³-hybridized carbons (Fsp3) is 0.364. The first-order chi connectivity index (χ1) is 15.2. The second kappa shape index (κ2) is 10.8. The summed E-state index contributed by atoms with van der Waals surface area (Å²) in [7, 11) is -4.01. The summed E-state index contributed by atoms with van der Waals surface area (Å²) in [6.45, 7) is 4.67. The Balaban J connectivity index is 1.87. The highest BCUT2D eigenvalue weighted by Gasteiger charge is 2.19. The highest BCUT2D eigenvalue weighted by Crippen LogP contribution is 2.22. The summed E-state index contributed by atoms with van der Waals surface area (Å²) >= 11 is 0. The van der Waals surface area contributed by atoms with Gasteiger partial charge >= 0.3 is 0 Å². The molecule has 2 aromatic rings. The van der Waals surface area contributed by atoms with Gasteiger partial charge in [-0.2, -0.15) is 0 Å². The van der Waals surface area contributed by atoms with Crippen LogP contribution in [0.3, 0.4) is 0 Å². The van der Waals surface area contributed by atoms with E-state index < -0.39 is 15.8 Å². The van der Waals surface area contributed by atoms with Crippen molar-refractivity contribution < 1.29 is 17.5 Å². The van der Waals surface area contributed by atoms with Crippen LogP contribution in [-0.4, -0.2) is 57.3 Å². The maximum absolute atomic E-state index is 14.5. The van der Waals surface area contributed by atoms with Crippen molar-refractivity contribution in [2.45, 2.75) is 30.8 Å². The molecule has 10 heteroatoms. The van der Waals surface area contributed by atoms with Crippen LogP contribution in [0.15, 0.2) is 63.4 Å². The molecule has 1 atom stereocenters. The van der Waals surface area contributed by atoms with Gasteiger partial charge in [0.25, 0.3) is 0 Å². The molecule has 0 aliphatic carbocycles. The fourth-order valence-electron chi connectivity index (χ4n) is 3.38. The van der Waals surface area contributed by atoms with Crippen LogP contribution in [0, 0.1) is 5.82 Å². The van der Waals surface area contributed by atoms with Crippen molar-refractivity contribution in [1.29, 1.82) is 0 Å². The van der Waals surface area contributed by atoms with Gasteiger partial charge in [-0.25, -0.2) is 27.9 Å². The van der Waals surface area contributed by atoms with Gasteiger partial charge in [-0.05, 0) is 30.2 Å². The first kappa shape index (κ1) is 24.0. The van der Waals surface area contributed by atoms with Crippen LogP contribution < -0.4 is 10.9 Å². The summed E-state index contributed by atoms with van der Waals surface area (Å²) in [5.74, 6) is -0.135. The fourth-order valence-corrected chi connectivity index (χ4v) is 3.90. The largest absolute Gasteiger partial charge is 0.386 e. The van der Waals surface area contributed by atoms with Crippen LogP contribution in [0.4, 0.5) is 10.1 Å². The molecular formula is C22H28FN5O3S. The molecule has 0 radical (unpaired) electrons. The molecule has 1 unspecified atom stereocenters. The number of aliphatic imine (C=N–C) groups is 2. The Morgan fingerprint density at radius 3 is 2.66 bits per heavy atom. The second-order valence-electron chi connectivity index (χ2n) is 7.59. The zero-order chi connectivity index (χ0) is 23.1. The number of ether oxygens (including phenoxy) is 1. The van der Waals surface area contributed by atoms with Crippen LogP contribution in [-0.2, 0) is 21.2 Å². The lowest BCUT2D eigenvalue weighted by Gasteiger charge is -2.32. The highest BCUT2D eigenvalue weighted by molar-refractivity contribution is 7.89. The molecular weight excluding hydrogens is 433 g/mol. The molecule has 8 nitrogen and oxygen atoms in total. The van der Waals surface area contributed by atoms with Crippen molar-refractivity contribution in [1.82, 2.24) is 4.90 Å². The zero-order valence-corrected chi connectivity index (χ0v) is 18.8. The van der Waals surface area contributed by atoms with Crippen molar-refractivity contribution >= 4 is 27.4 Å². The van der Waals surface area contributed by atoms with Crippen LogP contribution in [0.5, 0.6) is 0 Å². The number of nitrogens with zero attached hydrogens (tertiary/aromatic N) is 3. The Morgan fingerprint density at radius 2 is 2.00 bits per heavy atom. The summed E-state index contributed by atoms with van der Waals surface area (Å²) in [5, 5.41) is 5.07. The van der Waals surface area contributed by atoms with E-state index in [9.17, 15) is 12.8 Å². The van der Waals surface area contributed by atoms with Gasteiger partial charge in [0.05, 0.1) is 24.2 Å². The third kappa shape index (κ3) is 6.92. The van der Waals surface area contributed by atoms with E-state index in [1.54, 1.807) is 0 Å². The molecule has 3 rings (SSSR count). The van der Waals surface area contributed by atoms with Crippen LogP contribution in [0.25, 0.3) is 0 Å². The number of amidine groups is 2. The van der Waals surface area contributed by atoms with E-state index in [1.807, 2.05) is 30.3 Å². The van der Waals surface area contributed by atoms with Gasteiger partial charge in [0.1, 0.15) is 23.2 Å². The number of nitrogens with two attached hydrogens (primary N) is 2. The average molecular weight is 462 g/mol. The lowest BCUT2D eigenvalue weighted by molar-refractivity contribution is -0.0244. The number of primary sulfonamides is 1. The Labute approximate surface area is 187 Å². The Morgan fingerprint density at radius 1 is 1.25 bits per heavy atom. The molecule has 1 aliphatic rings. The maximum atomic E-state index is 14.5.